The lowest BCUT2D eigenvalue weighted by atomic mass is 10.1. The van der Waals surface area contributed by atoms with Crippen LogP contribution in [0, 0.1) is 12.7 Å². The molecule has 0 spiro atoms. The van der Waals surface area contributed by atoms with Crippen LogP contribution in [0.5, 0.6) is 0 Å². The second-order valence-corrected chi connectivity index (χ2v) is 6.11. The highest BCUT2D eigenvalue weighted by molar-refractivity contribution is 5.78. The fourth-order valence-electron chi connectivity index (χ4n) is 3.13. The lowest BCUT2D eigenvalue weighted by molar-refractivity contribution is -0.105. The van der Waals surface area contributed by atoms with Crippen LogP contribution in [-0.4, -0.2) is 37.2 Å². The molecule has 28 heavy (non-hydrogen) atoms. The Morgan fingerprint density at radius 2 is 1.93 bits per heavy atom. The van der Waals surface area contributed by atoms with Crippen molar-refractivity contribution in [3.8, 4) is 22.6 Å². The van der Waals surface area contributed by atoms with Crippen LogP contribution in [0.2, 0.25) is 0 Å². The van der Waals surface area contributed by atoms with Crippen LogP contribution in [-0.2, 0) is 11.3 Å². The third-order valence-electron chi connectivity index (χ3n) is 4.35. The summed E-state index contributed by atoms with van der Waals surface area (Å²) in [7, 11) is 0. The molecule has 0 fully saturated rings. The molecule has 1 amide bonds. The predicted molar refractivity (Wildman–Crippen MR) is 100 cm³/mol. The summed E-state index contributed by atoms with van der Waals surface area (Å²) in [5, 5.41) is 7.03. The van der Waals surface area contributed by atoms with Crippen molar-refractivity contribution >= 4 is 17.9 Å². The summed E-state index contributed by atoms with van der Waals surface area (Å²) in [6.07, 6.45) is 2.11. The summed E-state index contributed by atoms with van der Waals surface area (Å²) in [5.41, 5.74) is 3.01. The molecule has 142 valence electrons. The lowest BCUT2D eigenvalue weighted by Crippen LogP contribution is -2.06. The topological polar surface area (TPSA) is 77.1 Å². The number of nitrogens with one attached hydrogen (secondary N) is 1. The van der Waals surface area contributed by atoms with Gasteiger partial charge in [0.05, 0.1) is 24.1 Å². The molecule has 0 radical (unpaired) electrons. The van der Waals surface area contributed by atoms with Crippen molar-refractivity contribution in [1.82, 2.24) is 24.1 Å². The van der Waals surface area contributed by atoms with Gasteiger partial charge in [-0.15, -0.1) is 0 Å². The number of amides is 1. The van der Waals surface area contributed by atoms with Gasteiger partial charge in [0, 0.05) is 5.56 Å². The van der Waals surface area contributed by atoms with Gasteiger partial charge in [-0.25, -0.2) is 23.3 Å². The highest BCUT2D eigenvalue weighted by Gasteiger charge is 2.20. The van der Waals surface area contributed by atoms with E-state index in [9.17, 15) is 13.6 Å². The van der Waals surface area contributed by atoms with Gasteiger partial charge in [0.25, 0.3) is 0 Å². The van der Waals surface area contributed by atoms with Gasteiger partial charge in [-0.2, -0.15) is 5.10 Å². The number of aromatic nitrogens is 5. The van der Waals surface area contributed by atoms with E-state index in [1.165, 1.54) is 16.6 Å². The molecule has 1 N–H and O–H groups in total. The molecule has 3 aromatic heterocycles. The summed E-state index contributed by atoms with van der Waals surface area (Å²) >= 11 is 0. The van der Waals surface area contributed by atoms with Gasteiger partial charge in [-0.3, -0.25) is 4.79 Å². The first-order chi connectivity index (χ1) is 13.6. The Labute approximate surface area is 158 Å². The fourth-order valence-corrected chi connectivity index (χ4v) is 3.13. The summed E-state index contributed by atoms with van der Waals surface area (Å²) in [5.74, 6) is 0.646. The Kier molecular flexibility index (Phi) is 4.56. The zero-order valence-corrected chi connectivity index (χ0v) is 14.9. The summed E-state index contributed by atoms with van der Waals surface area (Å²) in [6.45, 7) is 1.35. The number of anilines is 1. The second-order valence-electron chi connectivity index (χ2n) is 6.11. The van der Waals surface area contributed by atoms with Crippen molar-refractivity contribution in [3.63, 3.8) is 0 Å². The van der Waals surface area contributed by atoms with Crippen molar-refractivity contribution in [2.45, 2.75) is 13.5 Å². The number of aryl methyl sites for hydroxylation is 1. The van der Waals surface area contributed by atoms with Gasteiger partial charge >= 0.3 is 0 Å². The Morgan fingerprint density at radius 3 is 2.64 bits per heavy atom. The molecule has 0 saturated heterocycles. The fraction of sp³-hybridized carbons (Fsp3) is 0.158. The van der Waals surface area contributed by atoms with E-state index < -0.39 is 6.67 Å². The third-order valence-corrected chi connectivity index (χ3v) is 4.35. The molecule has 3 heterocycles. The molecule has 1 aromatic carbocycles. The van der Waals surface area contributed by atoms with Crippen LogP contribution >= 0.6 is 0 Å². The minimum absolute atomic E-state index is 0.122. The van der Waals surface area contributed by atoms with Crippen LogP contribution in [0.1, 0.15) is 5.82 Å². The van der Waals surface area contributed by atoms with Crippen LogP contribution in [0.4, 0.5) is 14.6 Å². The molecule has 0 unspecified atom stereocenters. The molecule has 9 heteroatoms. The van der Waals surface area contributed by atoms with E-state index >= 15 is 0 Å². The van der Waals surface area contributed by atoms with Crippen molar-refractivity contribution in [2.24, 2.45) is 0 Å². The predicted octanol–water partition coefficient (Wildman–Crippen LogP) is 3.25. The Hall–Kier alpha value is -3.62. The average molecular weight is 382 g/mol. The van der Waals surface area contributed by atoms with E-state index in [1.54, 1.807) is 42.0 Å². The van der Waals surface area contributed by atoms with Gasteiger partial charge in [-0.1, -0.05) is 0 Å². The van der Waals surface area contributed by atoms with E-state index in [0.29, 0.717) is 46.3 Å². The number of hydrogen-bond donors (Lipinski definition) is 1. The van der Waals surface area contributed by atoms with Gasteiger partial charge in [0.2, 0.25) is 6.41 Å². The highest BCUT2D eigenvalue weighted by atomic mass is 19.1. The molecule has 4 rings (SSSR count). The Morgan fingerprint density at radius 1 is 1.14 bits per heavy atom. The quantitative estimate of drug-likeness (QED) is 0.520. The third kappa shape index (κ3) is 3.11. The molecule has 0 atom stereocenters. The first-order valence-corrected chi connectivity index (χ1v) is 8.56. The monoisotopic (exact) mass is 382 g/mol. The van der Waals surface area contributed by atoms with Crippen molar-refractivity contribution in [1.29, 1.82) is 0 Å². The highest BCUT2D eigenvalue weighted by Crippen LogP contribution is 2.32. The van der Waals surface area contributed by atoms with E-state index in [0.717, 1.165) is 0 Å². The molecule has 4 aromatic rings. The molecule has 0 aliphatic heterocycles. The summed E-state index contributed by atoms with van der Waals surface area (Å²) in [4.78, 5) is 19.4. The maximum atomic E-state index is 13.3. The molecular formula is C19H16F2N6O. The molecule has 7 nitrogen and oxygen atoms in total. The van der Waals surface area contributed by atoms with Crippen molar-refractivity contribution < 1.29 is 13.6 Å². The second kappa shape index (κ2) is 7.18. The number of carbonyl (C=O) groups is 1. The maximum Gasteiger partial charge on any atom is 0.212 e. The number of benzene rings is 1. The average Bonchev–Trinajstić information content (AvgIpc) is 3.23. The largest absolute Gasteiger partial charge is 0.324 e. The van der Waals surface area contributed by atoms with Gasteiger partial charge < -0.3 is 9.88 Å². The van der Waals surface area contributed by atoms with Crippen LogP contribution in [0.3, 0.4) is 0 Å². The number of carbonyl (C=O) groups excluding carboxylic acids is 1. The lowest BCUT2D eigenvalue weighted by Gasteiger charge is -2.10. The number of hydrogen-bond acceptors (Lipinski definition) is 4. The number of rotatable bonds is 6. The summed E-state index contributed by atoms with van der Waals surface area (Å²) < 4.78 is 29.8. The van der Waals surface area contributed by atoms with E-state index in [1.807, 2.05) is 0 Å². The standard InChI is InChI=1S/C19H16F2N6O/c1-12-23-18(13-2-4-14(21)5-3-13)19(26(12)9-8-20)15-6-7-17-24-16(22-11-28)10-27(17)25-15/h2-7,10-11H,8-9H2,1H3,(H,22,28). The van der Waals surface area contributed by atoms with Gasteiger partial charge in [0.1, 0.15) is 24.0 Å². The van der Waals surface area contributed by atoms with E-state index in [4.69, 9.17) is 0 Å². The maximum absolute atomic E-state index is 13.3. The first kappa shape index (κ1) is 17.8. The van der Waals surface area contributed by atoms with Crippen LogP contribution < -0.4 is 5.32 Å². The van der Waals surface area contributed by atoms with E-state index in [2.05, 4.69) is 20.4 Å². The minimum Gasteiger partial charge on any atom is -0.324 e. The number of imidazole rings is 2. The van der Waals surface area contributed by atoms with Gasteiger partial charge in [-0.05, 0) is 43.3 Å². The molecule has 0 saturated carbocycles. The number of halogens is 2. The van der Waals surface area contributed by atoms with E-state index in [-0.39, 0.29) is 12.4 Å². The number of fused-ring (bicyclic) bond motifs is 1. The number of nitrogens with zero attached hydrogens (tertiary/aromatic N) is 5. The molecule has 0 aliphatic carbocycles. The van der Waals surface area contributed by atoms with Crippen LogP contribution in [0.15, 0.2) is 42.6 Å². The van der Waals surface area contributed by atoms with Gasteiger partial charge in [0.15, 0.2) is 11.5 Å². The van der Waals surface area contributed by atoms with Crippen molar-refractivity contribution in [3.05, 3.63) is 54.2 Å². The van der Waals surface area contributed by atoms with Crippen LogP contribution in [0.25, 0.3) is 28.3 Å². The normalized spacial score (nSPS) is 11.1. The smallest absolute Gasteiger partial charge is 0.212 e. The van der Waals surface area contributed by atoms with Crippen molar-refractivity contribution in [2.75, 3.05) is 12.0 Å². The first-order valence-electron chi connectivity index (χ1n) is 8.56. The Bertz CT molecular complexity index is 1150. The molecule has 0 bridgehead atoms. The Balaban J connectivity index is 1.90. The zero-order valence-electron chi connectivity index (χ0n) is 14.9. The SMILES string of the molecule is Cc1nc(-c2ccc(F)cc2)c(-c2ccc3nc(NC=O)cn3n2)n1CCF. The summed E-state index contributed by atoms with van der Waals surface area (Å²) in [6, 6.07) is 9.46. The number of alkyl halides is 1. The zero-order chi connectivity index (χ0) is 19.7. The molecular weight excluding hydrogens is 366 g/mol. The minimum atomic E-state index is -0.562. The molecule has 0 aliphatic rings.